The molecule has 0 bridgehead atoms. The number of nitrogens with zero attached hydrogens (tertiary/aromatic N) is 2. The summed E-state index contributed by atoms with van der Waals surface area (Å²) in [5.41, 5.74) is 6.81. The first-order valence-electron chi connectivity index (χ1n) is 7.30. The Labute approximate surface area is 131 Å². The summed E-state index contributed by atoms with van der Waals surface area (Å²) in [6.07, 6.45) is 2.58. The van der Waals surface area contributed by atoms with Crippen molar-refractivity contribution < 1.29 is 4.79 Å². The Balaban J connectivity index is 1.75. The molecule has 116 valence electrons. The molecule has 0 spiro atoms. The zero-order valence-electron chi connectivity index (χ0n) is 12.4. The van der Waals surface area contributed by atoms with Gasteiger partial charge in [-0.1, -0.05) is 11.6 Å². The summed E-state index contributed by atoms with van der Waals surface area (Å²) >= 11 is 6.04. The lowest BCUT2D eigenvalue weighted by Gasteiger charge is -2.21. The number of rotatable bonds is 6. The Morgan fingerprint density at radius 3 is 2.81 bits per heavy atom. The highest BCUT2D eigenvalue weighted by molar-refractivity contribution is 6.34. The van der Waals surface area contributed by atoms with Crippen LogP contribution < -0.4 is 11.1 Å². The van der Waals surface area contributed by atoms with Crippen LogP contribution in [0.25, 0.3) is 0 Å². The Morgan fingerprint density at radius 1 is 1.43 bits per heavy atom. The lowest BCUT2D eigenvalue weighted by molar-refractivity contribution is -0.117. The molecule has 0 aromatic heterocycles. The second kappa shape index (κ2) is 7.64. The molecule has 0 aliphatic carbocycles. The molecular formula is C15H23ClN4O. The number of amides is 1. The van der Waals surface area contributed by atoms with Gasteiger partial charge in [-0.05, 0) is 51.2 Å². The zero-order valence-corrected chi connectivity index (χ0v) is 13.2. The summed E-state index contributed by atoms with van der Waals surface area (Å²) < 4.78 is 0. The minimum absolute atomic E-state index is 0.0643. The predicted molar refractivity (Wildman–Crippen MR) is 87.7 cm³/mol. The van der Waals surface area contributed by atoms with Crippen LogP contribution in [-0.4, -0.2) is 55.5 Å². The standard InChI is InChI=1S/C15H23ClN4O/c1-19(8-9-20-6-2-3-7-20)11-15(21)18-14-5-4-12(17)10-13(14)16/h4-5,10H,2-3,6-9,11,17H2,1H3,(H,18,21). The van der Waals surface area contributed by atoms with Gasteiger partial charge < -0.3 is 16.0 Å². The topological polar surface area (TPSA) is 61.6 Å². The third-order valence-corrected chi connectivity index (χ3v) is 3.99. The summed E-state index contributed by atoms with van der Waals surface area (Å²) in [4.78, 5) is 16.5. The van der Waals surface area contributed by atoms with E-state index in [0.717, 1.165) is 13.1 Å². The average molecular weight is 311 g/mol. The number of anilines is 2. The van der Waals surface area contributed by atoms with Gasteiger partial charge in [-0.2, -0.15) is 0 Å². The molecule has 21 heavy (non-hydrogen) atoms. The number of likely N-dealkylation sites (tertiary alicyclic amines) is 1. The van der Waals surface area contributed by atoms with Gasteiger partial charge in [0.1, 0.15) is 0 Å². The quantitative estimate of drug-likeness (QED) is 0.788. The molecule has 0 unspecified atom stereocenters. The molecule has 0 radical (unpaired) electrons. The van der Waals surface area contributed by atoms with Gasteiger partial charge in [-0.25, -0.2) is 0 Å². The first-order valence-corrected chi connectivity index (χ1v) is 7.68. The fourth-order valence-electron chi connectivity index (χ4n) is 2.47. The molecule has 2 rings (SSSR count). The number of nitrogen functional groups attached to an aromatic ring is 1. The summed E-state index contributed by atoms with van der Waals surface area (Å²) in [7, 11) is 1.96. The van der Waals surface area contributed by atoms with Crippen molar-refractivity contribution in [2.24, 2.45) is 0 Å². The third-order valence-electron chi connectivity index (χ3n) is 3.68. The van der Waals surface area contributed by atoms with Crippen LogP contribution in [0, 0.1) is 0 Å². The number of likely N-dealkylation sites (N-methyl/N-ethyl adjacent to an activating group) is 1. The molecule has 1 fully saturated rings. The van der Waals surface area contributed by atoms with Crippen molar-refractivity contribution in [1.29, 1.82) is 0 Å². The van der Waals surface area contributed by atoms with Gasteiger partial charge in [0.15, 0.2) is 0 Å². The van der Waals surface area contributed by atoms with E-state index >= 15 is 0 Å². The van der Waals surface area contributed by atoms with Gasteiger partial charge in [0.25, 0.3) is 0 Å². The summed E-state index contributed by atoms with van der Waals surface area (Å²) in [5, 5.41) is 3.28. The number of carbonyl (C=O) groups excluding carboxylic acids is 1. The Morgan fingerprint density at radius 2 is 2.14 bits per heavy atom. The van der Waals surface area contributed by atoms with Crippen LogP contribution in [-0.2, 0) is 4.79 Å². The van der Waals surface area contributed by atoms with Gasteiger partial charge in [-0.3, -0.25) is 9.69 Å². The second-order valence-electron chi connectivity index (χ2n) is 5.57. The van der Waals surface area contributed by atoms with Crippen LogP contribution in [0.2, 0.25) is 5.02 Å². The highest BCUT2D eigenvalue weighted by atomic mass is 35.5. The Bertz CT molecular complexity index is 489. The molecule has 1 amide bonds. The molecule has 0 atom stereocenters. The molecule has 1 aromatic carbocycles. The number of carbonyl (C=O) groups is 1. The van der Waals surface area contributed by atoms with Crippen molar-refractivity contribution in [1.82, 2.24) is 9.80 Å². The Hall–Kier alpha value is -1.30. The van der Waals surface area contributed by atoms with Crippen LogP contribution in [0.1, 0.15) is 12.8 Å². The van der Waals surface area contributed by atoms with Crippen molar-refractivity contribution in [3.8, 4) is 0 Å². The number of nitrogens with two attached hydrogens (primary N) is 1. The first kappa shape index (κ1) is 16.1. The lowest BCUT2D eigenvalue weighted by atomic mass is 10.3. The molecule has 3 N–H and O–H groups in total. The number of hydrogen-bond acceptors (Lipinski definition) is 4. The summed E-state index contributed by atoms with van der Waals surface area (Å²) in [6.45, 7) is 4.63. The van der Waals surface area contributed by atoms with Crippen molar-refractivity contribution in [2.75, 3.05) is 50.8 Å². The predicted octanol–water partition coefficient (Wildman–Crippen LogP) is 1.89. The number of hydrogen-bond donors (Lipinski definition) is 2. The molecule has 5 nitrogen and oxygen atoms in total. The SMILES string of the molecule is CN(CCN1CCCC1)CC(=O)Nc1ccc(N)cc1Cl. The monoisotopic (exact) mass is 310 g/mol. The van der Waals surface area contributed by atoms with Crippen molar-refractivity contribution in [3.05, 3.63) is 23.2 Å². The van der Waals surface area contributed by atoms with Crippen LogP contribution in [0.3, 0.4) is 0 Å². The maximum absolute atomic E-state index is 12.0. The lowest BCUT2D eigenvalue weighted by Crippen LogP contribution is -2.36. The highest BCUT2D eigenvalue weighted by Crippen LogP contribution is 2.23. The molecular weight excluding hydrogens is 288 g/mol. The average Bonchev–Trinajstić information content (AvgIpc) is 2.93. The minimum atomic E-state index is -0.0643. The molecule has 1 aliphatic rings. The van der Waals surface area contributed by atoms with E-state index in [1.807, 2.05) is 11.9 Å². The molecule has 0 saturated carbocycles. The van der Waals surface area contributed by atoms with E-state index in [-0.39, 0.29) is 5.91 Å². The zero-order chi connectivity index (χ0) is 15.2. The third kappa shape index (κ3) is 5.19. The maximum atomic E-state index is 12.0. The fraction of sp³-hybridized carbons (Fsp3) is 0.533. The van der Waals surface area contributed by atoms with Crippen molar-refractivity contribution >= 4 is 28.9 Å². The largest absolute Gasteiger partial charge is 0.399 e. The van der Waals surface area contributed by atoms with Gasteiger partial charge in [0.05, 0.1) is 17.3 Å². The normalized spacial score (nSPS) is 15.6. The number of benzene rings is 1. The molecule has 6 heteroatoms. The molecule has 1 aromatic rings. The summed E-state index contributed by atoms with van der Waals surface area (Å²) in [5.74, 6) is -0.0643. The van der Waals surface area contributed by atoms with E-state index in [1.165, 1.54) is 25.9 Å². The van der Waals surface area contributed by atoms with Crippen LogP contribution in [0.15, 0.2) is 18.2 Å². The first-order chi connectivity index (χ1) is 10.0. The minimum Gasteiger partial charge on any atom is -0.399 e. The molecule has 1 saturated heterocycles. The van der Waals surface area contributed by atoms with E-state index in [9.17, 15) is 4.79 Å². The van der Waals surface area contributed by atoms with Gasteiger partial charge in [0, 0.05) is 18.8 Å². The van der Waals surface area contributed by atoms with Crippen LogP contribution >= 0.6 is 11.6 Å². The smallest absolute Gasteiger partial charge is 0.238 e. The summed E-state index contributed by atoms with van der Waals surface area (Å²) in [6, 6.07) is 5.08. The highest BCUT2D eigenvalue weighted by Gasteiger charge is 2.13. The van der Waals surface area contributed by atoms with Crippen molar-refractivity contribution in [2.45, 2.75) is 12.8 Å². The van der Waals surface area contributed by atoms with E-state index in [0.29, 0.717) is 22.9 Å². The van der Waals surface area contributed by atoms with E-state index in [2.05, 4.69) is 10.2 Å². The van der Waals surface area contributed by atoms with Gasteiger partial charge in [0.2, 0.25) is 5.91 Å². The molecule has 1 aliphatic heterocycles. The van der Waals surface area contributed by atoms with Gasteiger partial charge >= 0.3 is 0 Å². The van der Waals surface area contributed by atoms with E-state index < -0.39 is 0 Å². The van der Waals surface area contributed by atoms with E-state index in [1.54, 1.807) is 18.2 Å². The second-order valence-corrected chi connectivity index (χ2v) is 5.98. The van der Waals surface area contributed by atoms with Crippen LogP contribution in [0.5, 0.6) is 0 Å². The van der Waals surface area contributed by atoms with E-state index in [4.69, 9.17) is 17.3 Å². The fourth-order valence-corrected chi connectivity index (χ4v) is 2.70. The van der Waals surface area contributed by atoms with Crippen LogP contribution in [0.4, 0.5) is 11.4 Å². The van der Waals surface area contributed by atoms with Crippen molar-refractivity contribution in [3.63, 3.8) is 0 Å². The molecule has 1 heterocycles. The van der Waals surface area contributed by atoms with Gasteiger partial charge in [-0.15, -0.1) is 0 Å². The number of nitrogens with one attached hydrogen (secondary N) is 1. The Kier molecular flexibility index (Phi) is 5.85. The maximum Gasteiger partial charge on any atom is 0.238 e. The number of halogens is 1.